The van der Waals surface area contributed by atoms with E-state index in [0.717, 1.165) is 24.1 Å². The van der Waals surface area contributed by atoms with Gasteiger partial charge in [0.25, 0.3) is 0 Å². The molecule has 15 heavy (non-hydrogen) atoms. The van der Waals surface area contributed by atoms with Crippen LogP contribution in [0.1, 0.15) is 32.0 Å². The Bertz CT molecular complexity index is 376. The molecular formula is C11H18BrN3. The molecular weight excluding hydrogens is 254 g/mol. The van der Waals surface area contributed by atoms with E-state index in [-0.39, 0.29) is 5.54 Å². The first-order valence-corrected chi connectivity index (χ1v) is 6.14. The summed E-state index contributed by atoms with van der Waals surface area (Å²) in [5.41, 5.74) is 2.82. The second-order valence-corrected chi connectivity index (χ2v) is 6.04. The number of nitrogens with zero attached hydrogens (tertiary/aromatic N) is 3. The lowest BCUT2D eigenvalue weighted by Crippen LogP contribution is -2.32. The Labute approximate surface area is 99.6 Å². The summed E-state index contributed by atoms with van der Waals surface area (Å²) in [5.74, 6) is 0. The highest BCUT2D eigenvalue weighted by molar-refractivity contribution is 9.10. The first kappa shape index (κ1) is 11.1. The van der Waals surface area contributed by atoms with E-state index in [1.165, 1.54) is 11.3 Å². The zero-order valence-corrected chi connectivity index (χ0v) is 11.4. The fourth-order valence-electron chi connectivity index (χ4n) is 2.06. The number of aromatic nitrogens is 2. The fraction of sp³-hybridized carbons (Fsp3) is 0.727. The lowest BCUT2D eigenvalue weighted by molar-refractivity contribution is 0.272. The normalized spacial score (nSPS) is 17.9. The number of hydrogen-bond donors (Lipinski definition) is 0. The summed E-state index contributed by atoms with van der Waals surface area (Å²) in [6.45, 7) is 8.72. The number of rotatable bonds is 0. The van der Waals surface area contributed by atoms with Crippen molar-refractivity contribution in [2.24, 2.45) is 0 Å². The first-order chi connectivity index (χ1) is 6.89. The standard InChI is InChI=1S/C11H18BrN3/c1-11(2,3)15-9-7-14(4)6-5-8(9)10(12)13-15/h5-7H2,1-4H3. The third-order valence-electron chi connectivity index (χ3n) is 2.84. The van der Waals surface area contributed by atoms with Gasteiger partial charge in [-0.1, -0.05) is 0 Å². The van der Waals surface area contributed by atoms with E-state index >= 15 is 0 Å². The Morgan fingerprint density at radius 3 is 2.60 bits per heavy atom. The van der Waals surface area contributed by atoms with Gasteiger partial charge in [0.15, 0.2) is 0 Å². The average molecular weight is 272 g/mol. The van der Waals surface area contributed by atoms with Crippen LogP contribution in [0.5, 0.6) is 0 Å². The van der Waals surface area contributed by atoms with E-state index in [2.05, 4.69) is 58.4 Å². The molecule has 3 nitrogen and oxygen atoms in total. The molecule has 0 saturated heterocycles. The maximum atomic E-state index is 4.60. The van der Waals surface area contributed by atoms with Crippen molar-refractivity contribution < 1.29 is 0 Å². The van der Waals surface area contributed by atoms with Gasteiger partial charge >= 0.3 is 0 Å². The smallest absolute Gasteiger partial charge is 0.131 e. The van der Waals surface area contributed by atoms with Crippen molar-refractivity contribution >= 4 is 15.9 Å². The summed E-state index contributed by atoms with van der Waals surface area (Å²) in [6, 6.07) is 0. The van der Waals surface area contributed by atoms with Crippen LogP contribution in [0.4, 0.5) is 0 Å². The van der Waals surface area contributed by atoms with Crippen LogP contribution in [-0.2, 0) is 18.5 Å². The predicted octanol–water partition coefficient (Wildman–Crippen LogP) is 2.39. The molecule has 0 atom stereocenters. The summed E-state index contributed by atoms with van der Waals surface area (Å²) in [5, 5.41) is 4.60. The fourth-order valence-corrected chi connectivity index (χ4v) is 2.64. The molecule has 84 valence electrons. The number of likely N-dealkylation sites (N-methyl/N-ethyl adjacent to an activating group) is 1. The molecule has 1 aliphatic rings. The summed E-state index contributed by atoms with van der Waals surface area (Å²) >= 11 is 3.56. The van der Waals surface area contributed by atoms with Crippen molar-refractivity contribution in [3.8, 4) is 0 Å². The van der Waals surface area contributed by atoms with Crippen LogP contribution in [-0.4, -0.2) is 28.3 Å². The van der Waals surface area contributed by atoms with Crippen LogP contribution in [0, 0.1) is 0 Å². The third kappa shape index (κ3) is 1.97. The second kappa shape index (κ2) is 3.59. The van der Waals surface area contributed by atoms with E-state index in [0.29, 0.717) is 0 Å². The molecule has 2 heterocycles. The van der Waals surface area contributed by atoms with E-state index in [9.17, 15) is 0 Å². The van der Waals surface area contributed by atoms with Gasteiger partial charge in [-0.25, -0.2) is 0 Å². The van der Waals surface area contributed by atoms with E-state index in [1.54, 1.807) is 0 Å². The van der Waals surface area contributed by atoms with Gasteiger partial charge in [0, 0.05) is 18.7 Å². The molecule has 1 aromatic rings. The lowest BCUT2D eigenvalue weighted by Gasteiger charge is -2.28. The summed E-state index contributed by atoms with van der Waals surface area (Å²) in [4.78, 5) is 2.35. The summed E-state index contributed by atoms with van der Waals surface area (Å²) in [7, 11) is 2.16. The molecule has 0 aromatic carbocycles. The van der Waals surface area contributed by atoms with Crippen LogP contribution in [0.2, 0.25) is 0 Å². The SMILES string of the molecule is CN1CCc2c(Br)nn(C(C)(C)C)c2C1. The maximum Gasteiger partial charge on any atom is 0.131 e. The molecule has 1 aromatic heterocycles. The largest absolute Gasteiger partial charge is 0.300 e. The molecule has 0 radical (unpaired) electrons. The van der Waals surface area contributed by atoms with Crippen molar-refractivity contribution in [1.82, 2.24) is 14.7 Å². The van der Waals surface area contributed by atoms with Crippen LogP contribution in [0.3, 0.4) is 0 Å². The molecule has 0 saturated carbocycles. The van der Waals surface area contributed by atoms with E-state index in [1.807, 2.05) is 0 Å². The van der Waals surface area contributed by atoms with E-state index in [4.69, 9.17) is 0 Å². The number of fused-ring (bicyclic) bond motifs is 1. The Morgan fingerprint density at radius 2 is 2.00 bits per heavy atom. The lowest BCUT2D eigenvalue weighted by atomic mass is 10.1. The second-order valence-electron chi connectivity index (χ2n) is 5.29. The van der Waals surface area contributed by atoms with Crippen LogP contribution in [0.15, 0.2) is 4.60 Å². The van der Waals surface area contributed by atoms with Gasteiger partial charge in [0.2, 0.25) is 0 Å². The Morgan fingerprint density at radius 1 is 1.33 bits per heavy atom. The third-order valence-corrected chi connectivity index (χ3v) is 3.48. The minimum Gasteiger partial charge on any atom is -0.300 e. The van der Waals surface area contributed by atoms with Gasteiger partial charge in [0.05, 0.1) is 11.2 Å². The summed E-state index contributed by atoms with van der Waals surface area (Å²) < 4.78 is 3.18. The molecule has 0 N–H and O–H groups in total. The van der Waals surface area contributed by atoms with Gasteiger partial charge < -0.3 is 4.90 Å². The topological polar surface area (TPSA) is 21.1 Å². The van der Waals surface area contributed by atoms with Crippen LogP contribution in [0.25, 0.3) is 0 Å². The van der Waals surface area contributed by atoms with Gasteiger partial charge in [-0.3, -0.25) is 4.68 Å². The Hall–Kier alpha value is -0.350. The monoisotopic (exact) mass is 271 g/mol. The van der Waals surface area contributed by atoms with E-state index < -0.39 is 0 Å². The molecule has 0 spiro atoms. The maximum absolute atomic E-state index is 4.60. The van der Waals surface area contributed by atoms with Crippen LogP contribution < -0.4 is 0 Å². The van der Waals surface area contributed by atoms with Crippen molar-refractivity contribution in [2.45, 2.75) is 39.3 Å². The highest BCUT2D eigenvalue weighted by Gasteiger charge is 2.27. The van der Waals surface area contributed by atoms with Gasteiger partial charge in [-0.2, -0.15) is 5.10 Å². The molecule has 0 bridgehead atoms. The van der Waals surface area contributed by atoms with Crippen molar-refractivity contribution in [1.29, 1.82) is 0 Å². The quantitative estimate of drug-likeness (QED) is 0.723. The zero-order valence-electron chi connectivity index (χ0n) is 9.84. The number of hydrogen-bond acceptors (Lipinski definition) is 2. The summed E-state index contributed by atoms with van der Waals surface area (Å²) in [6.07, 6.45) is 1.10. The molecule has 0 amide bonds. The van der Waals surface area contributed by atoms with Gasteiger partial charge in [0.1, 0.15) is 4.60 Å². The minimum absolute atomic E-state index is 0.0638. The predicted molar refractivity (Wildman–Crippen MR) is 65.0 cm³/mol. The van der Waals surface area contributed by atoms with Crippen molar-refractivity contribution in [2.75, 3.05) is 13.6 Å². The number of halogens is 1. The van der Waals surface area contributed by atoms with Gasteiger partial charge in [-0.15, -0.1) is 0 Å². The molecule has 0 unspecified atom stereocenters. The average Bonchev–Trinajstić information content (AvgIpc) is 2.42. The molecule has 1 aliphatic heterocycles. The van der Waals surface area contributed by atoms with Crippen molar-refractivity contribution in [3.05, 3.63) is 15.9 Å². The molecule has 0 aliphatic carbocycles. The van der Waals surface area contributed by atoms with Gasteiger partial charge in [-0.05, 0) is 50.2 Å². The zero-order chi connectivity index (χ0) is 11.2. The van der Waals surface area contributed by atoms with Crippen LogP contribution >= 0.6 is 15.9 Å². The molecule has 0 fully saturated rings. The first-order valence-electron chi connectivity index (χ1n) is 5.35. The minimum atomic E-state index is 0.0638. The highest BCUT2D eigenvalue weighted by atomic mass is 79.9. The van der Waals surface area contributed by atoms with Crippen molar-refractivity contribution in [3.63, 3.8) is 0 Å². The highest BCUT2D eigenvalue weighted by Crippen LogP contribution is 2.29. The molecule has 2 rings (SSSR count). The Balaban J connectivity index is 2.50. The Kier molecular flexibility index (Phi) is 2.67. The molecule has 4 heteroatoms.